The van der Waals surface area contributed by atoms with Gasteiger partial charge in [-0.2, -0.15) is 0 Å². The zero-order chi connectivity index (χ0) is 22.6. The lowest BCUT2D eigenvalue weighted by atomic mass is 10.2. The topological polar surface area (TPSA) is 63.1 Å². The SMILES string of the molecule is COc1ccc(-n2c(CN3CCN(C(=O)CN4CCOCC4)CC3)nc3ccccc32)cc1. The van der Waals surface area contributed by atoms with Gasteiger partial charge in [-0.1, -0.05) is 12.1 Å². The van der Waals surface area contributed by atoms with Gasteiger partial charge in [0.05, 0.1) is 44.4 Å². The number of carbonyl (C=O) groups excluding carboxylic acids is 1. The highest BCUT2D eigenvalue weighted by atomic mass is 16.5. The van der Waals surface area contributed by atoms with Gasteiger partial charge in [0.2, 0.25) is 5.91 Å². The van der Waals surface area contributed by atoms with Gasteiger partial charge in [0.15, 0.2) is 0 Å². The van der Waals surface area contributed by atoms with Crippen molar-refractivity contribution in [3.8, 4) is 11.4 Å². The predicted molar refractivity (Wildman–Crippen MR) is 127 cm³/mol. The van der Waals surface area contributed by atoms with Crippen molar-refractivity contribution in [1.82, 2.24) is 24.3 Å². The summed E-state index contributed by atoms with van der Waals surface area (Å²) in [5.74, 6) is 2.07. The quantitative estimate of drug-likeness (QED) is 0.574. The molecule has 2 fully saturated rings. The summed E-state index contributed by atoms with van der Waals surface area (Å²) in [7, 11) is 1.68. The standard InChI is InChI=1S/C25H31N5O3/c1-32-21-8-6-20(7-9-21)30-23-5-3-2-4-22(23)26-24(30)18-27-10-12-29(13-11-27)25(31)19-28-14-16-33-17-15-28/h2-9H,10-19H2,1H3. The lowest BCUT2D eigenvalue weighted by molar-refractivity contribution is -0.135. The molecule has 3 aromatic rings. The highest BCUT2D eigenvalue weighted by Gasteiger charge is 2.25. The molecular weight excluding hydrogens is 418 g/mol. The summed E-state index contributed by atoms with van der Waals surface area (Å²) >= 11 is 0. The molecule has 0 atom stereocenters. The third kappa shape index (κ3) is 4.88. The minimum Gasteiger partial charge on any atom is -0.497 e. The number of carbonyl (C=O) groups is 1. The molecule has 2 aromatic carbocycles. The number of methoxy groups -OCH3 is 1. The molecule has 0 spiro atoms. The number of benzene rings is 2. The van der Waals surface area contributed by atoms with Gasteiger partial charge >= 0.3 is 0 Å². The van der Waals surface area contributed by atoms with Gasteiger partial charge in [-0.05, 0) is 36.4 Å². The molecule has 0 bridgehead atoms. The first-order chi connectivity index (χ1) is 16.2. The maximum absolute atomic E-state index is 12.7. The molecule has 2 aliphatic rings. The number of amides is 1. The molecule has 8 heteroatoms. The van der Waals surface area contributed by atoms with Crippen molar-refractivity contribution < 1.29 is 14.3 Å². The molecule has 2 aliphatic heterocycles. The van der Waals surface area contributed by atoms with E-state index in [1.54, 1.807) is 7.11 Å². The van der Waals surface area contributed by atoms with Gasteiger partial charge in [-0.3, -0.25) is 19.2 Å². The van der Waals surface area contributed by atoms with Crippen molar-refractivity contribution in [2.75, 3.05) is 66.1 Å². The number of hydrogen-bond acceptors (Lipinski definition) is 6. The molecular formula is C25H31N5O3. The van der Waals surface area contributed by atoms with E-state index in [-0.39, 0.29) is 5.91 Å². The number of hydrogen-bond donors (Lipinski definition) is 0. The maximum Gasteiger partial charge on any atom is 0.236 e. The van der Waals surface area contributed by atoms with Crippen LogP contribution >= 0.6 is 0 Å². The molecule has 3 heterocycles. The lowest BCUT2D eigenvalue weighted by Crippen LogP contribution is -2.52. The minimum absolute atomic E-state index is 0.224. The number of nitrogens with zero attached hydrogens (tertiary/aromatic N) is 5. The summed E-state index contributed by atoms with van der Waals surface area (Å²) in [6, 6.07) is 16.3. The van der Waals surface area contributed by atoms with Crippen LogP contribution < -0.4 is 4.74 Å². The van der Waals surface area contributed by atoms with Crippen LogP contribution in [0, 0.1) is 0 Å². The molecule has 1 amide bonds. The van der Waals surface area contributed by atoms with E-state index in [0.29, 0.717) is 6.54 Å². The highest BCUT2D eigenvalue weighted by molar-refractivity contribution is 5.79. The third-order valence-corrected chi connectivity index (χ3v) is 6.51. The summed E-state index contributed by atoms with van der Waals surface area (Å²) in [4.78, 5) is 24.3. The van der Waals surface area contributed by atoms with Crippen LogP contribution in [0.3, 0.4) is 0 Å². The average molecular weight is 450 g/mol. The van der Waals surface area contributed by atoms with Gasteiger partial charge in [0.1, 0.15) is 11.6 Å². The Balaban J connectivity index is 1.27. The van der Waals surface area contributed by atoms with Crippen LogP contribution in [0.4, 0.5) is 0 Å². The van der Waals surface area contributed by atoms with E-state index in [4.69, 9.17) is 14.5 Å². The fourth-order valence-electron chi connectivity index (χ4n) is 4.61. The number of rotatable bonds is 6. The number of para-hydroxylation sites is 2. The van der Waals surface area contributed by atoms with Crippen LogP contribution in [0.2, 0.25) is 0 Å². The van der Waals surface area contributed by atoms with Crippen molar-refractivity contribution in [2.45, 2.75) is 6.54 Å². The largest absolute Gasteiger partial charge is 0.497 e. The van der Waals surface area contributed by atoms with Crippen molar-refractivity contribution in [3.63, 3.8) is 0 Å². The second-order valence-corrected chi connectivity index (χ2v) is 8.60. The lowest BCUT2D eigenvalue weighted by Gasteiger charge is -2.36. The average Bonchev–Trinajstić information content (AvgIpc) is 3.23. The predicted octanol–water partition coefficient (Wildman–Crippen LogP) is 2.01. The Kier molecular flexibility index (Phi) is 6.57. The summed E-state index contributed by atoms with van der Waals surface area (Å²) in [6.45, 7) is 7.56. The van der Waals surface area contributed by atoms with E-state index < -0.39 is 0 Å². The van der Waals surface area contributed by atoms with Crippen LogP contribution in [-0.2, 0) is 16.1 Å². The van der Waals surface area contributed by atoms with E-state index in [1.165, 1.54) is 0 Å². The molecule has 174 valence electrons. The Morgan fingerprint density at radius 1 is 0.939 bits per heavy atom. The molecule has 1 aromatic heterocycles. The van der Waals surface area contributed by atoms with E-state index in [2.05, 4.69) is 38.6 Å². The van der Waals surface area contributed by atoms with Crippen molar-refractivity contribution in [3.05, 3.63) is 54.4 Å². The van der Waals surface area contributed by atoms with Crippen LogP contribution in [-0.4, -0.2) is 96.3 Å². The summed E-state index contributed by atoms with van der Waals surface area (Å²) < 4.78 is 12.9. The van der Waals surface area contributed by atoms with E-state index in [1.807, 2.05) is 29.2 Å². The number of imidazole rings is 1. The van der Waals surface area contributed by atoms with Crippen LogP contribution in [0.15, 0.2) is 48.5 Å². The number of ether oxygens (including phenoxy) is 2. The molecule has 33 heavy (non-hydrogen) atoms. The van der Waals surface area contributed by atoms with Crippen LogP contribution in [0.5, 0.6) is 5.75 Å². The van der Waals surface area contributed by atoms with Gasteiger partial charge in [-0.15, -0.1) is 0 Å². The minimum atomic E-state index is 0.224. The summed E-state index contributed by atoms with van der Waals surface area (Å²) in [5, 5.41) is 0. The number of piperazine rings is 1. The Labute approximate surface area is 194 Å². The molecule has 0 aliphatic carbocycles. The van der Waals surface area contributed by atoms with Gasteiger partial charge < -0.3 is 14.4 Å². The zero-order valence-corrected chi connectivity index (χ0v) is 19.2. The molecule has 5 rings (SSSR count). The Morgan fingerprint density at radius 3 is 2.39 bits per heavy atom. The van der Waals surface area contributed by atoms with Crippen LogP contribution in [0.25, 0.3) is 16.7 Å². The first-order valence-electron chi connectivity index (χ1n) is 11.6. The fraction of sp³-hybridized carbons (Fsp3) is 0.440. The second-order valence-electron chi connectivity index (χ2n) is 8.60. The number of morpholine rings is 1. The Morgan fingerprint density at radius 2 is 1.67 bits per heavy atom. The Bertz CT molecular complexity index is 1080. The first-order valence-corrected chi connectivity index (χ1v) is 11.6. The molecule has 0 radical (unpaired) electrons. The zero-order valence-electron chi connectivity index (χ0n) is 19.2. The van der Waals surface area contributed by atoms with E-state index in [9.17, 15) is 4.79 Å². The number of aromatic nitrogens is 2. The molecule has 8 nitrogen and oxygen atoms in total. The van der Waals surface area contributed by atoms with Crippen molar-refractivity contribution in [1.29, 1.82) is 0 Å². The van der Waals surface area contributed by atoms with Gasteiger partial charge in [0, 0.05) is 45.0 Å². The summed E-state index contributed by atoms with van der Waals surface area (Å²) in [6.07, 6.45) is 0. The van der Waals surface area contributed by atoms with Gasteiger partial charge in [0.25, 0.3) is 0 Å². The van der Waals surface area contributed by atoms with Crippen LogP contribution in [0.1, 0.15) is 5.82 Å². The molecule has 0 unspecified atom stereocenters. The maximum atomic E-state index is 12.7. The monoisotopic (exact) mass is 449 g/mol. The number of fused-ring (bicyclic) bond motifs is 1. The normalized spacial score (nSPS) is 18.0. The highest BCUT2D eigenvalue weighted by Crippen LogP contribution is 2.24. The van der Waals surface area contributed by atoms with Gasteiger partial charge in [-0.25, -0.2) is 4.98 Å². The molecule has 0 N–H and O–H groups in total. The second kappa shape index (κ2) is 9.91. The first kappa shape index (κ1) is 21.9. The molecule has 2 saturated heterocycles. The van der Waals surface area contributed by atoms with Crippen molar-refractivity contribution >= 4 is 16.9 Å². The fourth-order valence-corrected chi connectivity index (χ4v) is 4.61. The summed E-state index contributed by atoms with van der Waals surface area (Å²) in [5.41, 5.74) is 3.15. The smallest absolute Gasteiger partial charge is 0.236 e. The van der Waals surface area contributed by atoms with Crippen molar-refractivity contribution in [2.24, 2.45) is 0 Å². The van der Waals surface area contributed by atoms with E-state index >= 15 is 0 Å². The Hall–Kier alpha value is -2.94. The third-order valence-electron chi connectivity index (χ3n) is 6.51. The van der Waals surface area contributed by atoms with E-state index in [0.717, 1.165) is 87.3 Å². The molecule has 0 saturated carbocycles.